The molecule has 7 nitrogen and oxygen atoms in total. The van der Waals surface area contributed by atoms with E-state index in [1.165, 1.54) is 0 Å². The second-order valence-electron chi connectivity index (χ2n) is 6.84. The summed E-state index contributed by atoms with van der Waals surface area (Å²) in [5.74, 6) is 1.63. The van der Waals surface area contributed by atoms with Crippen molar-refractivity contribution in [3.05, 3.63) is 78.2 Å². The van der Waals surface area contributed by atoms with Crippen molar-refractivity contribution in [1.82, 2.24) is 15.0 Å². The maximum Gasteiger partial charge on any atom is 0.227 e. The molecule has 1 aromatic heterocycles. The zero-order chi connectivity index (χ0) is 22.1. The standard InChI is InChI=1S/C24H24N4O3/c1-3-15-28(17-19-7-5-18(16-25)6-8-19)23(29)14-13-22-26-24(27-31-22)20-9-11-21(12-10-20)30-4-2/h3,5-12H,1,4,13-15,17H2,2H3. The van der Waals surface area contributed by atoms with Crippen LogP contribution in [0.4, 0.5) is 0 Å². The molecular weight excluding hydrogens is 392 g/mol. The van der Waals surface area contributed by atoms with Crippen molar-refractivity contribution < 1.29 is 14.1 Å². The van der Waals surface area contributed by atoms with E-state index >= 15 is 0 Å². The Morgan fingerprint density at radius 2 is 1.97 bits per heavy atom. The lowest BCUT2D eigenvalue weighted by molar-refractivity contribution is -0.131. The van der Waals surface area contributed by atoms with E-state index in [1.807, 2.05) is 43.3 Å². The van der Waals surface area contributed by atoms with Gasteiger partial charge in [-0.2, -0.15) is 10.2 Å². The average Bonchev–Trinajstić information content (AvgIpc) is 3.27. The molecule has 31 heavy (non-hydrogen) atoms. The number of aromatic nitrogens is 2. The molecule has 0 N–H and O–H groups in total. The molecule has 0 unspecified atom stereocenters. The Morgan fingerprint density at radius 3 is 2.61 bits per heavy atom. The number of hydrogen-bond donors (Lipinski definition) is 0. The summed E-state index contributed by atoms with van der Waals surface area (Å²) in [5, 5.41) is 12.9. The lowest BCUT2D eigenvalue weighted by atomic mass is 10.1. The van der Waals surface area contributed by atoms with E-state index in [1.54, 1.807) is 23.1 Å². The predicted octanol–water partition coefficient (Wildman–Crippen LogP) is 4.15. The van der Waals surface area contributed by atoms with Gasteiger partial charge in [-0.3, -0.25) is 4.79 Å². The second kappa shape index (κ2) is 10.7. The third-order valence-corrected chi connectivity index (χ3v) is 4.60. The monoisotopic (exact) mass is 416 g/mol. The normalized spacial score (nSPS) is 10.3. The van der Waals surface area contributed by atoms with Gasteiger partial charge in [-0.05, 0) is 48.9 Å². The summed E-state index contributed by atoms with van der Waals surface area (Å²) in [6.07, 6.45) is 2.29. The van der Waals surface area contributed by atoms with Crippen LogP contribution >= 0.6 is 0 Å². The van der Waals surface area contributed by atoms with E-state index in [2.05, 4.69) is 22.8 Å². The molecule has 0 aliphatic carbocycles. The van der Waals surface area contributed by atoms with Crippen LogP contribution in [0.3, 0.4) is 0 Å². The zero-order valence-electron chi connectivity index (χ0n) is 17.5. The fraction of sp³-hybridized carbons (Fsp3) is 0.250. The molecule has 158 valence electrons. The second-order valence-corrected chi connectivity index (χ2v) is 6.84. The van der Waals surface area contributed by atoms with Crippen molar-refractivity contribution in [1.29, 1.82) is 5.26 Å². The quantitative estimate of drug-likeness (QED) is 0.461. The average molecular weight is 416 g/mol. The van der Waals surface area contributed by atoms with Crippen LogP contribution in [0.25, 0.3) is 11.4 Å². The predicted molar refractivity (Wildman–Crippen MR) is 116 cm³/mol. The van der Waals surface area contributed by atoms with Gasteiger partial charge in [0.15, 0.2) is 0 Å². The van der Waals surface area contributed by atoms with Gasteiger partial charge in [0.25, 0.3) is 0 Å². The first-order valence-electron chi connectivity index (χ1n) is 10.1. The van der Waals surface area contributed by atoms with Crippen LogP contribution in [0.2, 0.25) is 0 Å². The number of benzene rings is 2. The fourth-order valence-electron chi connectivity index (χ4n) is 3.03. The van der Waals surface area contributed by atoms with Gasteiger partial charge < -0.3 is 14.2 Å². The van der Waals surface area contributed by atoms with Crippen LogP contribution in [-0.2, 0) is 17.8 Å². The Hall–Kier alpha value is -3.92. The first kappa shape index (κ1) is 21.8. The summed E-state index contributed by atoms with van der Waals surface area (Å²) < 4.78 is 10.8. The number of hydrogen-bond acceptors (Lipinski definition) is 6. The smallest absolute Gasteiger partial charge is 0.227 e. The van der Waals surface area contributed by atoms with E-state index in [4.69, 9.17) is 14.5 Å². The molecule has 0 aliphatic heterocycles. The third-order valence-electron chi connectivity index (χ3n) is 4.60. The summed E-state index contributed by atoms with van der Waals surface area (Å²) in [7, 11) is 0. The van der Waals surface area contributed by atoms with Crippen molar-refractivity contribution in [2.75, 3.05) is 13.2 Å². The minimum absolute atomic E-state index is 0.0370. The molecule has 0 radical (unpaired) electrons. The molecule has 2 aromatic carbocycles. The Morgan fingerprint density at radius 1 is 1.23 bits per heavy atom. The van der Waals surface area contributed by atoms with Gasteiger partial charge in [0.2, 0.25) is 17.6 Å². The van der Waals surface area contributed by atoms with E-state index in [0.29, 0.717) is 43.4 Å². The highest BCUT2D eigenvalue weighted by Gasteiger charge is 2.16. The SMILES string of the molecule is C=CCN(Cc1ccc(C#N)cc1)C(=O)CCc1nc(-c2ccc(OCC)cc2)no1. The molecule has 0 spiro atoms. The number of amides is 1. The summed E-state index contributed by atoms with van der Waals surface area (Å²) in [6, 6.07) is 16.7. The maximum atomic E-state index is 12.7. The number of nitriles is 1. The van der Waals surface area contributed by atoms with Gasteiger partial charge in [-0.25, -0.2) is 0 Å². The van der Waals surface area contributed by atoms with Crippen LogP contribution < -0.4 is 4.74 Å². The summed E-state index contributed by atoms with van der Waals surface area (Å²) in [5.41, 5.74) is 2.36. The topological polar surface area (TPSA) is 92.2 Å². The zero-order valence-corrected chi connectivity index (χ0v) is 17.5. The summed E-state index contributed by atoms with van der Waals surface area (Å²) in [4.78, 5) is 18.8. The molecule has 0 aliphatic rings. The van der Waals surface area contributed by atoms with E-state index in [9.17, 15) is 4.79 Å². The fourth-order valence-corrected chi connectivity index (χ4v) is 3.03. The van der Waals surface area contributed by atoms with Crippen molar-refractivity contribution in [2.24, 2.45) is 0 Å². The van der Waals surface area contributed by atoms with Gasteiger partial charge >= 0.3 is 0 Å². The molecule has 7 heteroatoms. The molecule has 0 saturated carbocycles. The largest absolute Gasteiger partial charge is 0.494 e. The minimum Gasteiger partial charge on any atom is -0.494 e. The molecule has 1 heterocycles. The number of aryl methyl sites for hydroxylation is 1. The first-order valence-corrected chi connectivity index (χ1v) is 10.1. The van der Waals surface area contributed by atoms with Gasteiger partial charge in [0.1, 0.15) is 5.75 Å². The van der Waals surface area contributed by atoms with Crippen LogP contribution in [0.5, 0.6) is 5.75 Å². The molecule has 1 amide bonds. The van der Waals surface area contributed by atoms with Crippen LogP contribution in [-0.4, -0.2) is 34.1 Å². The van der Waals surface area contributed by atoms with Crippen LogP contribution in [0.15, 0.2) is 65.7 Å². The molecule has 0 bridgehead atoms. The molecule has 0 saturated heterocycles. The Labute approximate surface area is 181 Å². The van der Waals surface area contributed by atoms with Crippen molar-refractivity contribution in [2.45, 2.75) is 26.3 Å². The van der Waals surface area contributed by atoms with E-state index in [-0.39, 0.29) is 12.3 Å². The van der Waals surface area contributed by atoms with Gasteiger partial charge in [0.05, 0.1) is 18.2 Å². The number of carbonyl (C=O) groups excluding carboxylic acids is 1. The maximum absolute atomic E-state index is 12.7. The third kappa shape index (κ3) is 6.03. The summed E-state index contributed by atoms with van der Waals surface area (Å²) in [6.45, 7) is 7.15. The van der Waals surface area contributed by atoms with Gasteiger partial charge in [0, 0.05) is 31.5 Å². The highest BCUT2D eigenvalue weighted by atomic mass is 16.5. The first-order chi connectivity index (χ1) is 15.1. The lowest BCUT2D eigenvalue weighted by Gasteiger charge is -2.21. The molecule has 3 rings (SSSR count). The number of carbonyl (C=O) groups is 1. The molecular formula is C24H24N4O3. The number of nitrogens with zero attached hydrogens (tertiary/aromatic N) is 4. The minimum atomic E-state index is -0.0370. The molecule has 0 atom stereocenters. The van der Waals surface area contributed by atoms with Crippen molar-refractivity contribution in [3.63, 3.8) is 0 Å². The lowest BCUT2D eigenvalue weighted by Crippen LogP contribution is -2.30. The van der Waals surface area contributed by atoms with E-state index < -0.39 is 0 Å². The molecule has 3 aromatic rings. The Kier molecular flexibility index (Phi) is 7.55. The van der Waals surface area contributed by atoms with Crippen molar-refractivity contribution >= 4 is 5.91 Å². The number of ether oxygens (including phenoxy) is 1. The van der Waals surface area contributed by atoms with Gasteiger partial charge in [-0.1, -0.05) is 23.4 Å². The van der Waals surface area contributed by atoms with Crippen LogP contribution in [0, 0.1) is 11.3 Å². The van der Waals surface area contributed by atoms with Crippen LogP contribution in [0.1, 0.15) is 30.4 Å². The highest BCUT2D eigenvalue weighted by molar-refractivity contribution is 5.76. The van der Waals surface area contributed by atoms with Crippen molar-refractivity contribution in [3.8, 4) is 23.2 Å². The Bertz CT molecular complexity index is 1050. The molecule has 0 fully saturated rings. The van der Waals surface area contributed by atoms with E-state index in [0.717, 1.165) is 16.9 Å². The van der Waals surface area contributed by atoms with Gasteiger partial charge in [-0.15, -0.1) is 6.58 Å². The Balaban J connectivity index is 1.59. The summed E-state index contributed by atoms with van der Waals surface area (Å²) >= 11 is 0. The number of rotatable bonds is 10. The highest BCUT2D eigenvalue weighted by Crippen LogP contribution is 2.20.